The van der Waals surface area contributed by atoms with Gasteiger partial charge in [-0.2, -0.15) is 0 Å². The maximum absolute atomic E-state index is 5.20. The van der Waals surface area contributed by atoms with E-state index in [0.29, 0.717) is 4.77 Å². The Morgan fingerprint density at radius 3 is 2.54 bits per heavy atom. The maximum atomic E-state index is 5.20. The van der Waals surface area contributed by atoms with Crippen LogP contribution in [-0.2, 0) is 15.3 Å². The van der Waals surface area contributed by atoms with E-state index in [1.165, 1.54) is 0 Å². The first kappa shape index (κ1) is 10.3. The number of aromatic nitrogens is 2. The Kier molecular flexibility index (Phi) is 3.13. The quantitative estimate of drug-likeness (QED) is 0.594. The van der Waals surface area contributed by atoms with E-state index in [0.717, 1.165) is 5.69 Å². The molecule has 1 N–H and O–H groups in total. The molecule has 0 aliphatic carbocycles. The van der Waals surface area contributed by atoms with Crippen LogP contribution in [-0.4, -0.2) is 24.2 Å². The van der Waals surface area contributed by atoms with Gasteiger partial charge in [-0.3, -0.25) is 0 Å². The summed E-state index contributed by atoms with van der Waals surface area (Å²) in [4.78, 5) is 6.77. The third-order valence-electron chi connectivity index (χ3n) is 1.94. The van der Waals surface area contributed by atoms with E-state index in [1.54, 1.807) is 33.4 Å². The molecule has 1 aromatic rings. The molecule has 0 bridgehead atoms. The van der Waals surface area contributed by atoms with Crippen molar-refractivity contribution in [1.29, 1.82) is 0 Å². The minimum Gasteiger partial charge on any atom is -0.348 e. The van der Waals surface area contributed by atoms with Crippen molar-refractivity contribution < 1.29 is 9.47 Å². The van der Waals surface area contributed by atoms with Crippen molar-refractivity contribution in [2.45, 2.75) is 12.7 Å². The molecular weight excluding hydrogens is 188 g/mol. The predicted molar refractivity (Wildman–Crippen MR) is 50.8 cm³/mol. The summed E-state index contributed by atoms with van der Waals surface area (Å²) < 4.78 is 10.8. The Bertz CT molecular complexity index is 333. The highest BCUT2D eigenvalue weighted by Crippen LogP contribution is 2.22. The van der Waals surface area contributed by atoms with E-state index in [2.05, 4.69) is 9.97 Å². The highest BCUT2D eigenvalue weighted by atomic mass is 32.1. The molecule has 0 radical (unpaired) electrons. The molecule has 1 aromatic heterocycles. The van der Waals surface area contributed by atoms with Crippen LogP contribution >= 0.6 is 12.2 Å². The second-order valence-electron chi connectivity index (χ2n) is 2.64. The van der Waals surface area contributed by atoms with E-state index in [-0.39, 0.29) is 0 Å². The summed E-state index contributed by atoms with van der Waals surface area (Å²) in [6.45, 7) is 1.80. The number of hydrogen-bond acceptors (Lipinski definition) is 4. The van der Waals surface area contributed by atoms with Crippen LogP contribution in [0.15, 0.2) is 12.3 Å². The van der Waals surface area contributed by atoms with Gasteiger partial charge in [0.2, 0.25) is 5.79 Å². The van der Waals surface area contributed by atoms with Gasteiger partial charge in [0, 0.05) is 20.4 Å². The first-order chi connectivity index (χ1) is 6.12. The van der Waals surface area contributed by atoms with Gasteiger partial charge in [0.15, 0.2) is 4.77 Å². The third-order valence-corrected chi connectivity index (χ3v) is 2.15. The lowest BCUT2D eigenvalue weighted by molar-refractivity contribution is -0.204. The summed E-state index contributed by atoms with van der Waals surface area (Å²) in [6, 6.07) is 1.77. The summed E-state index contributed by atoms with van der Waals surface area (Å²) in [5.74, 6) is -0.795. The van der Waals surface area contributed by atoms with Crippen molar-refractivity contribution in [1.82, 2.24) is 9.97 Å². The topological polar surface area (TPSA) is 47.1 Å². The lowest BCUT2D eigenvalue weighted by Gasteiger charge is -2.25. The van der Waals surface area contributed by atoms with Gasteiger partial charge in [0.1, 0.15) is 0 Å². The van der Waals surface area contributed by atoms with Crippen molar-refractivity contribution in [3.05, 3.63) is 22.7 Å². The fourth-order valence-corrected chi connectivity index (χ4v) is 1.11. The second kappa shape index (κ2) is 3.95. The zero-order valence-electron chi connectivity index (χ0n) is 7.83. The molecule has 0 spiro atoms. The van der Waals surface area contributed by atoms with Crippen LogP contribution < -0.4 is 0 Å². The molecular formula is C8H12N2O2S. The van der Waals surface area contributed by atoms with E-state index >= 15 is 0 Å². The lowest BCUT2D eigenvalue weighted by Crippen LogP contribution is -2.27. The van der Waals surface area contributed by atoms with Crippen molar-refractivity contribution in [3.8, 4) is 0 Å². The number of ether oxygens (including phenoxy) is 2. The van der Waals surface area contributed by atoms with Gasteiger partial charge in [-0.05, 0) is 25.2 Å². The van der Waals surface area contributed by atoms with Crippen molar-refractivity contribution >= 4 is 12.2 Å². The van der Waals surface area contributed by atoms with Crippen LogP contribution in [0.5, 0.6) is 0 Å². The standard InChI is InChI=1S/C8H12N2O2S/c1-8(11-2,12-3)6-4-5-9-7(13)10-6/h4-5H,1-3H3,(H,9,10,13). The monoisotopic (exact) mass is 200 g/mol. The van der Waals surface area contributed by atoms with E-state index in [4.69, 9.17) is 21.7 Å². The Morgan fingerprint density at radius 2 is 2.08 bits per heavy atom. The van der Waals surface area contributed by atoms with Crippen LogP contribution in [0, 0.1) is 4.77 Å². The number of hydrogen-bond donors (Lipinski definition) is 1. The third kappa shape index (κ3) is 2.12. The van der Waals surface area contributed by atoms with Crippen LogP contribution in [0.2, 0.25) is 0 Å². The zero-order chi connectivity index (χ0) is 9.90. The molecule has 0 saturated carbocycles. The minimum absolute atomic E-state index is 0.415. The summed E-state index contributed by atoms with van der Waals surface area (Å²) in [6.07, 6.45) is 1.62. The fourth-order valence-electron chi connectivity index (χ4n) is 0.937. The Hall–Kier alpha value is -0.780. The molecule has 13 heavy (non-hydrogen) atoms. The predicted octanol–water partition coefficient (Wildman–Crippen LogP) is 1.60. The molecule has 0 saturated heterocycles. The number of methoxy groups -OCH3 is 2. The number of nitrogens with zero attached hydrogens (tertiary/aromatic N) is 1. The average Bonchev–Trinajstić information content (AvgIpc) is 2.17. The smallest absolute Gasteiger partial charge is 0.206 e. The minimum atomic E-state index is -0.795. The normalized spacial score (nSPS) is 11.6. The molecule has 0 aliphatic rings. The van der Waals surface area contributed by atoms with Crippen molar-refractivity contribution in [2.75, 3.05) is 14.2 Å². The number of aromatic amines is 1. The van der Waals surface area contributed by atoms with E-state index in [1.807, 2.05) is 0 Å². The molecule has 1 rings (SSSR count). The Morgan fingerprint density at radius 1 is 1.46 bits per heavy atom. The van der Waals surface area contributed by atoms with Gasteiger partial charge in [-0.25, -0.2) is 4.98 Å². The largest absolute Gasteiger partial charge is 0.348 e. The highest BCUT2D eigenvalue weighted by Gasteiger charge is 2.26. The summed E-state index contributed by atoms with van der Waals surface area (Å²) in [5, 5.41) is 0. The molecule has 0 atom stereocenters. The number of H-pyrrole nitrogens is 1. The van der Waals surface area contributed by atoms with Gasteiger partial charge in [0.05, 0.1) is 5.69 Å². The van der Waals surface area contributed by atoms with Crippen LogP contribution in [0.1, 0.15) is 12.6 Å². The van der Waals surface area contributed by atoms with Gasteiger partial charge in [-0.1, -0.05) is 0 Å². The first-order valence-electron chi connectivity index (χ1n) is 3.78. The summed E-state index contributed by atoms with van der Waals surface area (Å²) in [7, 11) is 3.14. The Labute approximate surface area is 81.9 Å². The van der Waals surface area contributed by atoms with Crippen LogP contribution in [0.4, 0.5) is 0 Å². The van der Waals surface area contributed by atoms with Crippen LogP contribution in [0.3, 0.4) is 0 Å². The molecule has 5 heteroatoms. The molecule has 0 aliphatic heterocycles. The Balaban J connectivity index is 3.12. The van der Waals surface area contributed by atoms with Gasteiger partial charge < -0.3 is 14.5 Å². The van der Waals surface area contributed by atoms with Crippen molar-refractivity contribution in [2.24, 2.45) is 0 Å². The molecule has 0 amide bonds. The average molecular weight is 200 g/mol. The van der Waals surface area contributed by atoms with Gasteiger partial charge in [0.25, 0.3) is 0 Å². The van der Waals surface area contributed by atoms with Gasteiger partial charge >= 0.3 is 0 Å². The molecule has 72 valence electrons. The number of nitrogens with one attached hydrogen (secondary N) is 1. The van der Waals surface area contributed by atoms with Crippen molar-refractivity contribution in [3.63, 3.8) is 0 Å². The maximum Gasteiger partial charge on any atom is 0.206 e. The van der Waals surface area contributed by atoms with E-state index in [9.17, 15) is 0 Å². The molecule has 0 aromatic carbocycles. The molecule has 0 fully saturated rings. The highest BCUT2D eigenvalue weighted by molar-refractivity contribution is 7.71. The number of rotatable bonds is 3. The SMILES string of the molecule is COC(C)(OC)c1ccnc(=S)[nH]1. The molecule has 4 nitrogen and oxygen atoms in total. The zero-order valence-corrected chi connectivity index (χ0v) is 8.64. The molecule has 1 heterocycles. The fraction of sp³-hybridized carbons (Fsp3) is 0.500. The molecule has 0 unspecified atom stereocenters. The van der Waals surface area contributed by atoms with E-state index < -0.39 is 5.79 Å². The van der Waals surface area contributed by atoms with Gasteiger partial charge in [-0.15, -0.1) is 0 Å². The first-order valence-corrected chi connectivity index (χ1v) is 4.19. The summed E-state index contributed by atoms with van der Waals surface area (Å²) in [5.41, 5.74) is 0.748. The second-order valence-corrected chi connectivity index (χ2v) is 3.03. The lowest BCUT2D eigenvalue weighted by atomic mass is 10.2. The summed E-state index contributed by atoms with van der Waals surface area (Å²) >= 11 is 4.89. The van der Waals surface area contributed by atoms with Crippen LogP contribution in [0.25, 0.3) is 0 Å².